The van der Waals surface area contributed by atoms with Crippen molar-refractivity contribution in [1.82, 2.24) is 0 Å². The number of para-hydroxylation sites is 3. The topological polar surface area (TPSA) is 67.9 Å². The van der Waals surface area contributed by atoms with Crippen LogP contribution >= 0.6 is 0 Å². The Morgan fingerprint density at radius 3 is 2.38 bits per heavy atom. The number of carbonyl (C=O) groups is 2. The maximum Gasteiger partial charge on any atom is 0.230 e. The fraction of sp³-hybridized carbons (Fsp3) is 0.286. The van der Waals surface area contributed by atoms with Crippen LogP contribution in [0.15, 0.2) is 72.8 Å². The first-order valence-electron chi connectivity index (χ1n) is 11.6. The minimum Gasteiger partial charge on any atom is -0.496 e. The third kappa shape index (κ3) is 4.76. The number of anilines is 2. The largest absolute Gasteiger partial charge is 0.496 e. The number of hydrogen-bond acceptors (Lipinski definition) is 4. The number of rotatable bonds is 7. The lowest BCUT2D eigenvalue weighted by atomic mass is 9.82. The van der Waals surface area contributed by atoms with Gasteiger partial charge in [0.2, 0.25) is 11.8 Å². The molecule has 6 nitrogen and oxygen atoms in total. The Kier molecular flexibility index (Phi) is 7.16. The van der Waals surface area contributed by atoms with Crippen LogP contribution < -0.4 is 19.7 Å². The van der Waals surface area contributed by atoms with Gasteiger partial charge < -0.3 is 19.7 Å². The fourth-order valence-corrected chi connectivity index (χ4v) is 4.52. The van der Waals surface area contributed by atoms with E-state index in [4.69, 9.17) is 9.47 Å². The van der Waals surface area contributed by atoms with Crippen molar-refractivity contribution < 1.29 is 19.1 Å². The molecule has 3 aromatic carbocycles. The standard InChI is InChI=1S/C28H30N2O4/c1-4-34-25-12-8-6-10-23(25)29-28(32)22-17-18-26(31)30(20-15-13-19(2)14-16-20)27(22)21-9-5-7-11-24(21)33-3/h5-16,22,27H,4,17-18H2,1-3H3,(H,29,32)/t22-,27+/m0/s1. The van der Waals surface area contributed by atoms with E-state index in [1.165, 1.54) is 0 Å². The lowest BCUT2D eigenvalue weighted by molar-refractivity contribution is -0.126. The summed E-state index contributed by atoms with van der Waals surface area (Å²) in [7, 11) is 1.60. The van der Waals surface area contributed by atoms with Gasteiger partial charge in [0.05, 0.1) is 31.4 Å². The molecule has 1 saturated heterocycles. The van der Waals surface area contributed by atoms with Crippen molar-refractivity contribution in [2.24, 2.45) is 5.92 Å². The molecule has 0 spiro atoms. The van der Waals surface area contributed by atoms with E-state index in [0.29, 0.717) is 30.2 Å². The van der Waals surface area contributed by atoms with Crippen molar-refractivity contribution in [2.45, 2.75) is 32.7 Å². The summed E-state index contributed by atoms with van der Waals surface area (Å²) in [5.74, 6) is 0.609. The van der Waals surface area contributed by atoms with E-state index in [2.05, 4.69) is 5.32 Å². The van der Waals surface area contributed by atoms with Gasteiger partial charge in [0, 0.05) is 17.7 Å². The first-order valence-corrected chi connectivity index (χ1v) is 11.6. The summed E-state index contributed by atoms with van der Waals surface area (Å²) < 4.78 is 11.3. The van der Waals surface area contributed by atoms with Crippen LogP contribution in [0.25, 0.3) is 0 Å². The van der Waals surface area contributed by atoms with Crippen molar-refractivity contribution in [3.05, 3.63) is 83.9 Å². The summed E-state index contributed by atoms with van der Waals surface area (Å²) in [6.07, 6.45) is 0.720. The van der Waals surface area contributed by atoms with Gasteiger partial charge in [-0.1, -0.05) is 48.0 Å². The maximum atomic E-state index is 13.7. The van der Waals surface area contributed by atoms with Gasteiger partial charge in [-0.15, -0.1) is 0 Å². The number of ether oxygens (including phenoxy) is 2. The number of nitrogens with one attached hydrogen (secondary N) is 1. The monoisotopic (exact) mass is 458 g/mol. The number of piperidine rings is 1. The molecule has 0 aliphatic carbocycles. The molecule has 0 unspecified atom stereocenters. The lowest BCUT2D eigenvalue weighted by Crippen LogP contribution is -2.47. The molecule has 0 saturated carbocycles. The molecule has 0 aromatic heterocycles. The van der Waals surface area contributed by atoms with Crippen molar-refractivity contribution in [3.63, 3.8) is 0 Å². The van der Waals surface area contributed by atoms with E-state index in [-0.39, 0.29) is 18.2 Å². The molecule has 1 aliphatic rings. The zero-order valence-electron chi connectivity index (χ0n) is 19.8. The second kappa shape index (κ2) is 10.4. The van der Waals surface area contributed by atoms with Crippen molar-refractivity contribution in [1.29, 1.82) is 0 Å². The Morgan fingerprint density at radius 1 is 1.00 bits per heavy atom. The van der Waals surface area contributed by atoms with Gasteiger partial charge in [-0.25, -0.2) is 0 Å². The van der Waals surface area contributed by atoms with Gasteiger partial charge in [0.15, 0.2) is 0 Å². The van der Waals surface area contributed by atoms with Crippen LogP contribution in [0.1, 0.15) is 36.9 Å². The summed E-state index contributed by atoms with van der Waals surface area (Å²) in [5.41, 5.74) is 3.28. The molecule has 2 amide bonds. The zero-order chi connectivity index (χ0) is 24.1. The third-order valence-electron chi connectivity index (χ3n) is 6.15. The Balaban J connectivity index is 1.76. The molecule has 3 aromatic rings. The highest BCUT2D eigenvalue weighted by Gasteiger charge is 2.42. The molecule has 6 heteroatoms. The first kappa shape index (κ1) is 23.4. The quantitative estimate of drug-likeness (QED) is 0.506. The lowest BCUT2D eigenvalue weighted by Gasteiger charge is -2.41. The predicted molar refractivity (Wildman–Crippen MR) is 133 cm³/mol. The second-order valence-corrected chi connectivity index (χ2v) is 8.35. The highest BCUT2D eigenvalue weighted by atomic mass is 16.5. The summed E-state index contributed by atoms with van der Waals surface area (Å²) in [4.78, 5) is 28.7. The second-order valence-electron chi connectivity index (χ2n) is 8.35. The van der Waals surface area contributed by atoms with Gasteiger partial charge in [-0.2, -0.15) is 0 Å². The molecule has 1 aliphatic heterocycles. The van der Waals surface area contributed by atoms with Gasteiger partial charge in [0.1, 0.15) is 11.5 Å². The van der Waals surface area contributed by atoms with E-state index in [9.17, 15) is 9.59 Å². The molecule has 0 radical (unpaired) electrons. The van der Waals surface area contributed by atoms with Crippen LogP contribution in [0, 0.1) is 12.8 Å². The van der Waals surface area contributed by atoms with Gasteiger partial charge >= 0.3 is 0 Å². The molecule has 1 fully saturated rings. The molecule has 0 bridgehead atoms. The number of nitrogens with zero attached hydrogens (tertiary/aromatic N) is 1. The van der Waals surface area contributed by atoms with Crippen LogP contribution in [0.3, 0.4) is 0 Å². The van der Waals surface area contributed by atoms with Crippen LogP contribution in [0.4, 0.5) is 11.4 Å². The van der Waals surface area contributed by atoms with Crippen molar-refractivity contribution in [2.75, 3.05) is 23.9 Å². The smallest absolute Gasteiger partial charge is 0.230 e. The molecular formula is C28H30N2O4. The van der Waals surface area contributed by atoms with E-state index in [1.807, 2.05) is 86.6 Å². The van der Waals surface area contributed by atoms with E-state index < -0.39 is 12.0 Å². The highest BCUT2D eigenvalue weighted by Crippen LogP contribution is 2.43. The van der Waals surface area contributed by atoms with Crippen LogP contribution in [0.5, 0.6) is 11.5 Å². The third-order valence-corrected chi connectivity index (χ3v) is 6.15. The van der Waals surface area contributed by atoms with E-state index in [1.54, 1.807) is 12.0 Å². The number of methoxy groups -OCH3 is 1. The summed E-state index contributed by atoms with van der Waals surface area (Å²) in [6, 6.07) is 22.3. The molecule has 34 heavy (non-hydrogen) atoms. The minimum absolute atomic E-state index is 0.0153. The molecule has 2 atom stereocenters. The van der Waals surface area contributed by atoms with Gasteiger partial charge in [0.25, 0.3) is 0 Å². The number of benzene rings is 3. The molecular weight excluding hydrogens is 428 g/mol. The number of carbonyl (C=O) groups excluding carboxylic acids is 2. The SMILES string of the molecule is CCOc1ccccc1NC(=O)[C@H]1CCC(=O)N(c2ccc(C)cc2)[C@@H]1c1ccccc1OC. The molecule has 176 valence electrons. The summed E-state index contributed by atoms with van der Waals surface area (Å²) in [5, 5.41) is 3.06. The van der Waals surface area contributed by atoms with Gasteiger partial charge in [-0.05, 0) is 50.6 Å². The Bertz CT molecular complexity index is 1160. The fourth-order valence-electron chi connectivity index (χ4n) is 4.52. The molecule has 4 rings (SSSR count). The summed E-state index contributed by atoms with van der Waals surface area (Å²) in [6.45, 7) is 4.41. The van der Waals surface area contributed by atoms with Crippen molar-refractivity contribution >= 4 is 23.2 Å². The van der Waals surface area contributed by atoms with Crippen LogP contribution in [-0.4, -0.2) is 25.5 Å². The first-order chi connectivity index (χ1) is 16.5. The predicted octanol–water partition coefficient (Wildman–Crippen LogP) is 5.53. The number of hydrogen-bond donors (Lipinski definition) is 1. The van der Waals surface area contributed by atoms with E-state index >= 15 is 0 Å². The van der Waals surface area contributed by atoms with Gasteiger partial charge in [-0.3, -0.25) is 9.59 Å². The summed E-state index contributed by atoms with van der Waals surface area (Å²) >= 11 is 0. The zero-order valence-corrected chi connectivity index (χ0v) is 19.8. The van der Waals surface area contributed by atoms with Crippen molar-refractivity contribution in [3.8, 4) is 11.5 Å². The maximum absolute atomic E-state index is 13.7. The number of aryl methyl sites for hydroxylation is 1. The Morgan fingerprint density at radius 2 is 1.68 bits per heavy atom. The van der Waals surface area contributed by atoms with Crippen LogP contribution in [-0.2, 0) is 9.59 Å². The minimum atomic E-state index is -0.514. The molecule has 1 heterocycles. The average Bonchev–Trinajstić information content (AvgIpc) is 2.85. The Labute approximate surface area is 200 Å². The van der Waals surface area contributed by atoms with Crippen LogP contribution in [0.2, 0.25) is 0 Å². The van der Waals surface area contributed by atoms with E-state index in [0.717, 1.165) is 16.8 Å². The molecule has 1 N–H and O–H groups in total. The average molecular weight is 459 g/mol. The number of amides is 2. The normalized spacial score (nSPS) is 17.9. The Hall–Kier alpha value is -3.80. The highest BCUT2D eigenvalue weighted by molar-refractivity contribution is 6.00.